The van der Waals surface area contributed by atoms with Crippen LogP contribution in [0.2, 0.25) is 18.1 Å². The van der Waals surface area contributed by atoms with Crippen LogP contribution in [0, 0.1) is 5.92 Å². The molecular weight excluding hydrogens is 392 g/mol. The molecule has 1 aliphatic heterocycles. The molecule has 0 aromatic heterocycles. The van der Waals surface area contributed by atoms with Crippen molar-refractivity contribution in [2.45, 2.75) is 62.4 Å². The summed E-state index contributed by atoms with van der Waals surface area (Å²) in [6.07, 6.45) is 0.947. The molecule has 0 aliphatic carbocycles. The number of carbonyl (C=O) groups excluding carboxylic acids is 1. The number of carbonyl (C=O) groups is 1. The molecule has 3 nitrogen and oxygen atoms in total. The van der Waals surface area contributed by atoms with Crippen LogP contribution in [0.3, 0.4) is 0 Å². The average molecular weight is 427 g/mol. The van der Waals surface area contributed by atoms with E-state index >= 15 is 0 Å². The van der Waals surface area contributed by atoms with E-state index in [1.54, 1.807) is 23.5 Å². The van der Waals surface area contributed by atoms with Gasteiger partial charge < -0.3 is 9.53 Å². The zero-order valence-corrected chi connectivity index (χ0v) is 19.9. The van der Waals surface area contributed by atoms with E-state index in [0.717, 1.165) is 23.5 Å². The van der Waals surface area contributed by atoms with Crippen molar-refractivity contribution < 1.29 is 14.3 Å². The van der Waals surface area contributed by atoms with Gasteiger partial charge in [0.1, 0.15) is 4.58 Å². The molecule has 0 saturated carbocycles. The lowest BCUT2D eigenvalue weighted by molar-refractivity contribution is -0.125. The van der Waals surface area contributed by atoms with E-state index in [1.807, 2.05) is 30.3 Å². The molecule has 1 aromatic rings. The van der Waals surface area contributed by atoms with Crippen molar-refractivity contribution >= 4 is 37.6 Å². The normalized spacial score (nSPS) is 18.9. The van der Waals surface area contributed by atoms with Gasteiger partial charge >= 0.3 is 0 Å². The summed E-state index contributed by atoms with van der Waals surface area (Å²) in [7, 11) is -1.86. The van der Waals surface area contributed by atoms with Crippen LogP contribution in [0.25, 0.3) is 0 Å². The van der Waals surface area contributed by atoms with Gasteiger partial charge in [-0.1, -0.05) is 51.1 Å². The van der Waals surface area contributed by atoms with Gasteiger partial charge in [0, 0.05) is 6.61 Å². The fourth-order valence-electron chi connectivity index (χ4n) is 2.82. The number of rotatable bonds is 8. The second-order valence-electron chi connectivity index (χ2n) is 8.69. The Bertz CT molecular complexity index is 595. The zero-order valence-electron chi connectivity index (χ0n) is 17.2. The lowest BCUT2D eigenvalue weighted by atomic mass is 9.90. The molecule has 1 N–H and O–H groups in total. The fraction of sp³-hybridized carbons (Fsp3) is 0.667. The van der Waals surface area contributed by atoms with E-state index < -0.39 is 20.3 Å². The van der Waals surface area contributed by atoms with Gasteiger partial charge in [-0.25, -0.2) is 0 Å². The van der Waals surface area contributed by atoms with Crippen LogP contribution in [0.1, 0.15) is 45.3 Å². The fourth-order valence-corrected chi connectivity index (χ4v) is 6.76. The number of aliphatic hydroxyl groups excluding tert-OH is 1. The SMILES string of the molecule is CC(C)(C)[Si](C)(C)OCCC(C(=O)C1SCCCS1)C(O)c1ccccc1. The summed E-state index contributed by atoms with van der Waals surface area (Å²) < 4.78 is 6.25. The summed E-state index contributed by atoms with van der Waals surface area (Å²) in [5, 5.41) is 11.1. The highest BCUT2D eigenvalue weighted by atomic mass is 32.2. The van der Waals surface area contributed by atoms with Crippen molar-refractivity contribution in [3.05, 3.63) is 35.9 Å². The summed E-state index contributed by atoms with van der Waals surface area (Å²) >= 11 is 3.45. The Morgan fingerprint density at radius 2 is 1.81 bits per heavy atom. The van der Waals surface area contributed by atoms with Crippen molar-refractivity contribution in [2.24, 2.45) is 5.92 Å². The highest BCUT2D eigenvalue weighted by Gasteiger charge is 2.39. The number of hydrogen-bond acceptors (Lipinski definition) is 5. The van der Waals surface area contributed by atoms with Crippen molar-refractivity contribution in [1.82, 2.24) is 0 Å². The molecule has 0 spiro atoms. The van der Waals surface area contributed by atoms with Crippen LogP contribution in [-0.2, 0) is 9.22 Å². The molecule has 0 bridgehead atoms. The highest BCUT2D eigenvalue weighted by molar-refractivity contribution is 8.18. The minimum absolute atomic E-state index is 0.0602. The van der Waals surface area contributed by atoms with E-state index in [2.05, 4.69) is 33.9 Å². The van der Waals surface area contributed by atoms with Crippen LogP contribution in [-0.4, -0.2) is 41.9 Å². The third-order valence-electron chi connectivity index (χ3n) is 5.65. The predicted molar refractivity (Wildman–Crippen MR) is 121 cm³/mol. The van der Waals surface area contributed by atoms with Crippen LogP contribution in [0.4, 0.5) is 0 Å². The number of Topliss-reactive ketones (excluding diaryl/α,β-unsaturated/α-hetero) is 1. The number of benzene rings is 1. The van der Waals surface area contributed by atoms with E-state index in [9.17, 15) is 9.90 Å². The molecular formula is C21H34O3S2Si. The Morgan fingerprint density at radius 3 is 2.37 bits per heavy atom. The molecule has 1 saturated heterocycles. The first-order chi connectivity index (χ1) is 12.6. The second-order valence-corrected chi connectivity index (χ2v) is 16.2. The van der Waals surface area contributed by atoms with E-state index in [1.165, 1.54) is 0 Å². The van der Waals surface area contributed by atoms with Gasteiger partial charge in [0.05, 0.1) is 12.0 Å². The lowest BCUT2D eigenvalue weighted by Gasteiger charge is -2.37. The zero-order chi connectivity index (χ0) is 20.1. The summed E-state index contributed by atoms with van der Waals surface area (Å²) in [5.74, 6) is 1.80. The van der Waals surface area contributed by atoms with E-state index in [0.29, 0.717) is 13.0 Å². The van der Waals surface area contributed by atoms with Crippen molar-refractivity contribution in [1.29, 1.82) is 0 Å². The van der Waals surface area contributed by atoms with Crippen LogP contribution in [0.5, 0.6) is 0 Å². The molecule has 152 valence electrons. The Kier molecular flexibility index (Phi) is 8.49. The van der Waals surface area contributed by atoms with Gasteiger partial charge in [-0.15, -0.1) is 23.5 Å². The van der Waals surface area contributed by atoms with Crippen LogP contribution < -0.4 is 0 Å². The van der Waals surface area contributed by atoms with Crippen LogP contribution in [0.15, 0.2) is 30.3 Å². The van der Waals surface area contributed by atoms with Gasteiger partial charge in [0.2, 0.25) is 0 Å². The summed E-state index contributed by atoms with van der Waals surface area (Å²) in [6, 6.07) is 9.56. The quantitative estimate of drug-likeness (QED) is 0.555. The Morgan fingerprint density at radius 1 is 1.22 bits per heavy atom. The minimum Gasteiger partial charge on any atom is -0.417 e. The first kappa shape index (κ1) is 23.0. The van der Waals surface area contributed by atoms with Crippen molar-refractivity contribution in [2.75, 3.05) is 18.1 Å². The number of thioether (sulfide) groups is 2. The van der Waals surface area contributed by atoms with Gasteiger partial charge in [0.25, 0.3) is 0 Å². The molecule has 1 aromatic carbocycles. The molecule has 2 rings (SSSR count). The first-order valence-corrected chi connectivity index (χ1v) is 14.8. The molecule has 6 heteroatoms. The largest absolute Gasteiger partial charge is 0.417 e. The van der Waals surface area contributed by atoms with Gasteiger partial charge in [0.15, 0.2) is 14.1 Å². The number of hydrogen-bond donors (Lipinski definition) is 1. The Labute approximate surface area is 174 Å². The predicted octanol–water partition coefficient (Wildman–Crippen LogP) is 5.51. The minimum atomic E-state index is -1.86. The maximum absolute atomic E-state index is 13.2. The highest BCUT2D eigenvalue weighted by Crippen LogP contribution is 2.39. The molecule has 2 atom stereocenters. The van der Waals surface area contributed by atoms with Crippen molar-refractivity contribution in [3.8, 4) is 0 Å². The molecule has 0 radical (unpaired) electrons. The van der Waals surface area contributed by atoms with Crippen LogP contribution >= 0.6 is 23.5 Å². The van der Waals surface area contributed by atoms with E-state index in [-0.39, 0.29) is 15.4 Å². The number of ketones is 1. The van der Waals surface area contributed by atoms with Crippen molar-refractivity contribution in [3.63, 3.8) is 0 Å². The smallest absolute Gasteiger partial charge is 0.191 e. The Hall–Kier alpha value is -0.273. The summed E-state index contributed by atoms with van der Waals surface area (Å²) in [6.45, 7) is 11.6. The molecule has 2 unspecified atom stereocenters. The third-order valence-corrected chi connectivity index (χ3v) is 13.1. The van der Waals surface area contributed by atoms with Gasteiger partial charge in [-0.2, -0.15) is 0 Å². The second kappa shape index (κ2) is 9.97. The summed E-state index contributed by atoms with van der Waals surface area (Å²) in [4.78, 5) is 13.2. The standard InChI is InChI=1S/C21H34O3S2Si/c1-21(2,3)27(4,5)24-13-12-17(18(22)16-10-7-6-8-11-16)19(23)20-25-14-9-15-26-20/h6-8,10-11,17-18,20,22H,9,12-15H2,1-5H3. The molecule has 1 aliphatic rings. The van der Waals surface area contributed by atoms with Gasteiger partial charge in [-0.05, 0) is 48.0 Å². The average Bonchev–Trinajstić information content (AvgIpc) is 2.65. The number of aliphatic hydroxyl groups is 1. The molecule has 1 fully saturated rings. The first-order valence-electron chi connectivity index (χ1n) is 9.77. The molecule has 1 heterocycles. The van der Waals surface area contributed by atoms with Gasteiger partial charge in [-0.3, -0.25) is 4.79 Å². The maximum Gasteiger partial charge on any atom is 0.191 e. The maximum atomic E-state index is 13.2. The summed E-state index contributed by atoms with van der Waals surface area (Å²) in [5.41, 5.74) is 0.814. The monoisotopic (exact) mass is 426 g/mol. The third kappa shape index (κ3) is 6.36. The topological polar surface area (TPSA) is 46.5 Å². The molecule has 27 heavy (non-hydrogen) atoms. The Balaban J connectivity index is 2.10. The molecule has 0 amide bonds. The van der Waals surface area contributed by atoms with E-state index in [4.69, 9.17) is 4.43 Å². The lowest BCUT2D eigenvalue weighted by Crippen LogP contribution is -2.41.